The molecule has 0 spiro atoms. The van der Waals surface area contributed by atoms with Crippen LogP contribution < -0.4 is 15.4 Å². The quantitative estimate of drug-likeness (QED) is 0.822. The van der Waals surface area contributed by atoms with Crippen LogP contribution in [0.4, 0.5) is 5.69 Å². The minimum atomic E-state index is -0.567. The van der Waals surface area contributed by atoms with Gasteiger partial charge in [0.1, 0.15) is 5.75 Å². The molecule has 1 atom stereocenters. The van der Waals surface area contributed by atoms with E-state index >= 15 is 0 Å². The Bertz CT molecular complexity index is 477. The van der Waals surface area contributed by atoms with Gasteiger partial charge in [-0.2, -0.15) is 0 Å². The topological polar surface area (TPSA) is 55.6 Å². The molecule has 1 amide bonds. The number of likely N-dealkylation sites (N-methyl/N-ethyl adjacent to an activating group) is 1. The molecule has 18 heavy (non-hydrogen) atoms. The second-order valence-electron chi connectivity index (χ2n) is 5.67. The van der Waals surface area contributed by atoms with E-state index in [0.717, 1.165) is 11.4 Å². The highest BCUT2D eigenvalue weighted by molar-refractivity contribution is 5.99. The van der Waals surface area contributed by atoms with Crippen molar-refractivity contribution in [2.75, 3.05) is 18.5 Å². The molecule has 0 saturated carbocycles. The van der Waals surface area contributed by atoms with E-state index in [1.165, 1.54) is 5.56 Å². The Morgan fingerprint density at radius 2 is 2.06 bits per heavy atom. The molecule has 0 fully saturated rings. The van der Waals surface area contributed by atoms with Crippen molar-refractivity contribution in [3.05, 3.63) is 23.8 Å². The van der Waals surface area contributed by atoms with Gasteiger partial charge in [-0.3, -0.25) is 4.79 Å². The third kappa shape index (κ3) is 2.08. The number of nitrogens with zero attached hydrogens (tertiary/aromatic N) is 1. The zero-order valence-corrected chi connectivity index (χ0v) is 11.4. The number of rotatable bonds is 1. The lowest BCUT2D eigenvalue weighted by Gasteiger charge is -2.32. The van der Waals surface area contributed by atoms with Crippen LogP contribution in [0.3, 0.4) is 0 Å². The second-order valence-corrected chi connectivity index (χ2v) is 5.67. The minimum absolute atomic E-state index is 0.0453. The number of ether oxygens (including phenoxy) is 1. The van der Waals surface area contributed by atoms with Gasteiger partial charge >= 0.3 is 0 Å². The lowest BCUT2D eigenvalue weighted by molar-refractivity contribution is -0.125. The van der Waals surface area contributed by atoms with Crippen molar-refractivity contribution in [3.63, 3.8) is 0 Å². The average Bonchev–Trinajstić information content (AvgIpc) is 2.32. The third-order valence-electron chi connectivity index (χ3n) is 3.28. The summed E-state index contributed by atoms with van der Waals surface area (Å²) >= 11 is 0. The number of benzene rings is 1. The maximum Gasteiger partial charge on any atom is 0.269 e. The fourth-order valence-corrected chi connectivity index (χ4v) is 2.03. The monoisotopic (exact) mass is 248 g/mol. The molecule has 4 heteroatoms. The van der Waals surface area contributed by atoms with Crippen molar-refractivity contribution in [3.8, 4) is 5.75 Å². The maximum atomic E-state index is 12.0. The summed E-state index contributed by atoms with van der Waals surface area (Å²) in [5.74, 6) is 0.636. The van der Waals surface area contributed by atoms with Gasteiger partial charge in [0.25, 0.3) is 5.91 Å². The van der Waals surface area contributed by atoms with E-state index in [2.05, 4.69) is 20.8 Å². The summed E-state index contributed by atoms with van der Waals surface area (Å²) in [6, 6.07) is 5.97. The summed E-state index contributed by atoms with van der Waals surface area (Å²) in [5, 5.41) is 0. The van der Waals surface area contributed by atoms with E-state index in [9.17, 15) is 4.79 Å². The Kier molecular flexibility index (Phi) is 3.07. The number of fused-ring (bicyclic) bond motifs is 1. The molecule has 1 aromatic rings. The number of amides is 1. The minimum Gasteiger partial charge on any atom is -0.477 e. The predicted octanol–water partition coefficient (Wildman–Crippen LogP) is 1.67. The zero-order valence-electron chi connectivity index (χ0n) is 11.4. The van der Waals surface area contributed by atoms with Crippen molar-refractivity contribution in [2.24, 2.45) is 5.73 Å². The van der Waals surface area contributed by atoms with Crippen LogP contribution >= 0.6 is 0 Å². The van der Waals surface area contributed by atoms with Gasteiger partial charge in [-0.1, -0.05) is 26.8 Å². The van der Waals surface area contributed by atoms with Gasteiger partial charge in [0.2, 0.25) is 0 Å². The first kappa shape index (κ1) is 12.9. The Hall–Kier alpha value is -1.55. The molecule has 4 nitrogen and oxygen atoms in total. The van der Waals surface area contributed by atoms with Gasteiger partial charge in [0, 0.05) is 13.6 Å². The van der Waals surface area contributed by atoms with Gasteiger partial charge < -0.3 is 15.4 Å². The third-order valence-corrected chi connectivity index (χ3v) is 3.28. The lowest BCUT2D eigenvalue weighted by Crippen LogP contribution is -2.47. The molecule has 1 aromatic carbocycles. The van der Waals surface area contributed by atoms with Crippen LogP contribution in [0.5, 0.6) is 5.75 Å². The van der Waals surface area contributed by atoms with Gasteiger partial charge in [0.15, 0.2) is 6.10 Å². The molecule has 0 saturated heterocycles. The Labute approximate surface area is 108 Å². The first-order valence-electron chi connectivity index (χ1n) is 6.13. The molecule has 1 aliphatic rings. The van der Waals surface area contributed by atoms with Crippen LogP contribution in [-0.2, 0) is 10.2 Å². The SMILES string of the molecule is CN1C(=O)C(CN)Oc2ccc(C(C)(C)C)cc21. The number of anilines is 1. The molecule has 0 aromatic heterocycles. The highest BCUT2D eigenvalue weighted by Crippen LogP contribution is 2.36. The molecule has 1 unspecified atom stereocenters. The predicted molar refractivity (Wildman–Crippen MR) is 72.0 cm³/mol. The molecule has 1 aliphatic heterocycles. The molecular weight excluding hydrogens is 228 g/mol. The van der Waals surface area contributed by atoms with E-state index < -0.39 is 6.10 Å². The standard InChI is InChI=1S/C14H20N2O2/c1-14(2,3)9-5-6-11-10(7-9)16(4)13(17)12(8-15)18-11/h5-7,12H,8,15H2,1-4H3. The highest BCUT2D eigenvalue weighted by atomic mass is 16.5. The maximum absolute atomic E-state index is 12.0. The van der Waals surface area contributed by atoms with Crippen LogP contribution in [0, 0.1) is 0 Å². The van der Waals surface area contributed by atoms with E-state index in [4.69, 9.17) is 10.5 Å². The molecule has 2 rings (SSSR count). The molecule has 98 valence electrons. The normalized spacial score (nSPS) is 19.5. The van der Waals surface area contributed by atoms with Crippen LogP contribution in [0.25, 0.3) is 0 Å². The van der Waals surface area contributed by atoms with Gasteiger partial charge in [-0.25, -0.2) is 0 Å². The average molecular weight is 248 g/mol. The van der Waals surface area contributed by atoms with Gasteiger partial charge in [0.05, 0.1) is 5.69 Å². The molecule has 0 aliphatic carbocycles. The van der Waals surface area contributed by atoms with Crippen LogP contribution in [0.1, 0.15) is 26.3 Å². The number of nitrogens with two attached hydrogens (primary N) is 1. The van der Waals surface area contributed by atoms with Crippen molar-refractivity contribution in [1.29, 1.82) is 0 Å². The zero-order chi connectivity index (χ0) is 13.5. The first-order valence-corrected chi connectivity index (χ1v) is 6.13. The van der Waals surface area contributed by atoms with Crippen LogP contribution in [0.2, 0.25) is 0 Å². The fraction of sp³-hybridized carbons (Fsp3) is 0.500. The summed E-state index contributed by atoms with van der Waals surface area (Å²) in [6.07, 6.45) is -0.567. The number of carbonyl (C=O) groups excluding carboxylic acids is 1. The Balaban J connectivity index is 2.46. The van der Waals surface area contributed by atoms with Crippen molar-refractivity contribution in [1.82, 2.24) is 0 Å². The summed E-state index contributed by atoms with van der Waals surface area (Å²) in [7, 11) is 1.76. The largest absolute Gasteiger partial charge is 0.477 e. The molecule has 1 heterocycles. The second kappa shape index (κ2) is 4.28. The van der Waals surface area contributed by atoms with E-state index in [1.807, 2.05) is 18.2 Å². The number of hydrogen-bond donors (Lipinski definition) is 1. The van der Waals surface area contributed by atoms with Gasteiger partial charge in [-0.05, 0) is 23.1 Å². The summed E-state index contributed by atoms with van der Waals surface area (Å²) in [6.45, 7) is 6.62. The van der Waals surface area contributed by atoms with Crippen LogP contribution in [0.15, 0.2) is 18.2 Å². The fourth-order valence-electron chi connectivity index (χ4n) is 2.03. The Morgan fingerprint density at radius 1 is 1.39 bits per heavy atom. The summed E-state index contributed by atoms with van der Waals surface area (Å²) in [5.41, 5.74) is 7.58. The summed E-state index contributed by atoms with van der Waals surface area (Å²) in [4.78, 5) is 13.6. The van der Waals surface area contributed by atoms with Crippen molar-refractivity contribution < 1.29 is 9.53 Å². The summed E-state index contributed by atoms with van der Waals surface area (Å²) < 4.78 is 5.62. The smallest absolute Gasteiger partial charge is 0.269 e. The van der Waals surface area contributed by atoms with E-state index in [-0.39, 0.29) is 17.9 Å². The molecular formula is C14H20N2O2. The van der Waals surface area contributed by atoms with E-state index in [1.54, 1.807) is 11.9 Å². The number of hydrogen-bond acceptors (Lipinski definition) is 3. The molecule has 0 radical (unpaired) electrons. The van der Waals surface area contributed by atoms with E-state index in [0.29, 0.717) is 0 Å². The number of carbonyl (C=O) groups is 1. The highest BCUT2D eigenvalue weighted by Gasteiger charge is 2.32. The van der Waals surface area contributed by atoms with Crippen molar-refractivity contribution in [2.45, 2.75) is 32.3 Å². The molecule has 2 N–H and O–H groups in total. The Morgan fingerprint density at radius 3 is 2.61 bits per heavy atom. The lowest BCUT2D eigenvalue weighted by atomic mass is 9.86. The van der Waals surface area contributed by atoms with Crippen molar-refractivity contribution >= 4 is 11.6 Å². The molecule has 0 bridgehead atoms. The van der Waals surface area contributed by atoms with Gasteiger partial charge in [-0.15, -0.1) is 0 Å². The van der Waals surface area contributed by atoms with Crippen LogP contribution in [-0.4, -0.2) is 25.6 Å². The first-order chi connectivity index (χ1) is 8.34.